The van der Waals surface area contributed by atoms with Crippen LogP contribution in [0.1, 0.15) is 24.3 Å². The van der Waals surface area contributed by atoms with E-state index in [0.29, 0.717) is 4.21 Å². The maximum Gasteiger partial charge on any atom is 0.274 e. The number of benzene rings is 1. The van der Waals surface area contributed by atoms with Crippen LogP contribution in [0.4, 0.5) is 5.69 Å². The van der Waals surface area contributed by atoms with Crippen LogP contribution in [0.5, 0.6) is 0 Å². The molecule has 3 rings (SSSR count). The van der Waals surface area contributed by atoms with Crippen LogP contribution in [0.2, 0.25) is 0 Å². The molecule has 0 radical (unpaired) electrons. The van der Waals surface area contributed by atoms with E-state index >= 15 is 0 Å². The van der Waals surface area contributed by atoms with Gasteiger partial charge in [0.05, 0.1) is 5.69 Å². The largest absolute Gasteiger partial charge is 0.274 e. The SMILES string of the molecule is CCc1ccc(S(=O)(=O)N2c3ccccc3CC2C)s1. The maximum absolute atomic E-state index is 12.9. The lowest BCUT2D eigenvalue weighted by atomic mass is 10.1. The smallest absolute Gasteiger partial charge is 0.262 e. The molecule has 1 aliphatic rings. The monoisotopic (exact) mass is 307 g/mol. The van der Waals surface area contributed by atoms with E-state index in [0.717, 1.165) is 29.0 Å². The summed E-state index contributed by atoms with van der Waals surface area (Å²) in [6.45, 7) is 4.00. The van der Waals surface area contributed by atoms with Gasteiger partial charge < -0.3 is 0 Å². The first-order chi connectivity index (χ1) is 9.54. The standard InChI is InChI=1S/C15H17NO2S2/c1-3-13-8-9-15(19-13)20(17,18)16-11(2)10-12-6-4-5-7-14(12)16/h4-9,11H,3,10H2,1-2H3. The summed E-state index contributed by atoms with van der Waals surface area (Å²) in [7, 11) is -3.44. The van der Waals surface area contributed by atoms with Gasteiger partial charge in [-0.05, 0) is 43.5 Å². The summed E-state index contributed by atoms with van der Waals surface area (Å²) in [5.41, 5.74) is 1.93. The minimum Gasteiger partial charge on any atom is -0.262 e. The van der Waals surface area contributed by atoms with Crippen molar-refractivity contribution < 1.29 is 8.42 Å². The number of thiophene rings is 1. The van der Waals surface area contributed by atoms with Gasteiger partial charge in [0.2, 0.25) is 0 Å². The number of nitrogens with zero attached hydrogens (tertiary/aromatic N) is 1. The molecule has 0 amide bonds. The highest BCUT2D eigenvalue weighted by atomic mass is 32.2. The molecule has 20 heavy (non-hydrogen) atoms. The van der Waals surface area contributed by atoms with E-state index in [1.54, 1.807) is 10.4 Å². The number of hydrogen-bond acceptors (Lipinski definition) is 3. The Bertz CT molecular complexity index is 734. The fourth-order valence-corrected chi connectivity index (χ4v) is 5.76. The number of para-hydroxylation sites is 1. The highest BCUT2D eigenvalue weighted by molar-refractivity contribution is 7.94. The molecule has 2 aromatic rings. The van der Waals surface area contributed by atoms with Gasteiger partial charge in [-0.3, -0.25) is 4.31 Å². The van der Waals surface area contributed by atoms with E-state index in [1.807, 2.05) is 44.2 Å². The Balaban J connectivity index is 2.07. The predicted molar refractivity (Wildman–Crippen MR) is 83.0 cm³/mol. The molecule has 0 N–H and O–H groups in total. The molecule has 106 valence electrons. The average Bonchev–Trinajstić information content (AvgIpc) is 3.01. The van der Waals surface area contributed by atoms with Crippen molar-refractivity contribution in [2.45, 2.75) is 36.9 Å². The molecular weight excluding hydrogens is 290 g/mol. The molecule has 2 heterocycles. The third-order valence-corrected chi connectivity index (χ3v) is 7.27. The lowest BCUT2D eigenvalue weighted by molar-refractivity contribution is 0.586. The van der Waals surface area contributed by atoms with Gasteiger partial charge in [0.15, 0.2) is 0 Å². The van der Waals surface area contributed by atoms with Crippen LogP contribution in [0.3, 0.4) is 0 Å². The van der Waals surface area contributed by atoms with E-state index in [4.69, 9.17) is 0 Å². The normalized spacial score (nSPS) is 18.3. The molecule has 0 fully saturated rings. The first kappa shape index (κ1) is 13.6. The molecule has 1 aromatic heterocycles. The highest BCUT2D eigenvalue weighted by Crippen LogP contribution is 2.38. The molecule has 1 atom stereocenters. The molecule has 1 unspecified atom stereocenters. The Morgan fingerprint density at radius 1 is 1.25 bits per heavy atom. The third-order valence-electron chi connectivity index (χ3n) is 3.64. The topological polar surface area (TPSA) is 37.4 Å². The van der Waals surface area contributed by atoms with Crippen molar-refractivity contribution in [3.05, 3.63) is 46.8 Å². The Hall–Kier alpha value is -1.33. The fourth-order valence-electron chi connectivity index (χ4n) is 2.69. The molecule has 1 aromatic carbocycles. The molecule has 0 saturated heterocycles. The molecule has 0 saturated carbocycles. The minimum absolute atomic E-state index is 0.0235. The number of fused-ring (bicyclic) bond motifs is 1. The van der Waals surface area contributed by atoms with Gasteiger partial charge in [-0.25, -0.2) is 8.42 Å². The molecule has 3 nitrogen and oxygen atoms in total. The van der Waals surface area contributed by atoms with E-state index in [-0.39, 0.29) is 6.04 Å². The number of hydrogen-bond donors (Lipinski definition) is 0. The van der Waals surface area contributed by atoms with Crippen LogP contribution in [0.15, 0.2) is 40.6 Å². The van der Waals surface area contributed by atoms with Crippen LogP contribution in [-0.2, 0) is 22.9 Å². The van der Waals surface area contributed by atoms with Crippen LogP contribution in [-0.4, -0.2) is 14.5 Å². The Morgan fingerprint density at radius 2 is 2.00 bits per heavy atom. The van der Waals surface area contributed by atoms with E-state index in [9.17, 15) is 8.42 Å². The summed E-state index contributed by atoms with van der Waals surface area (Å²) in [6.07, 6.45) is 1.65. The van der Waals surface area contributed by atoms with E-state index in [2.05, 4.69) is 0 Å². The maximum atomic E-state index is 12.9. The second-order valence-corrected chi connectivity index (χ2v) is 8.27. The molecule has 0 aliphatic carbocycles. The number of sulfonamides is 1. The van der Waals surface area contributed by atoms with Crippen molar-refractivity contribution in [3.63, 3.8) is 0 Å². The Morgan fingerprint density at radius 3 is 2.70 bits per heavy atom. The first-order valence-corrected chi connectivity index (χ1v) is 9.00. The quantitative estimate of drug-likeness (QED) is 0.871. The van der Waals surface area contributed by atoms with Crippen LogP contribution < -0.4 is 4.31 Å². The van der Waals surface area contributed by atoms with Crippen molar-refractivity contribution >= 4 is 27.0 Å². The summed E-state index contributed by atoms with van der Waals surface area (Å²) >= 11 is 1.37. The molecule has 5 heteroatoms. The first-order valence-electron chi connectivity index (χ1n) is 6.75. The minimum atomic E-state index is -3.44. The highest BCUT2D eigenvalue weighted by Gasteiger charge is 2.36. The lowest BCUT2D eigenvalue weighted by Crippen LogP contribution is -2.35. The molecular formula is C15H17NO2S2. The zero-order valence-corrected chi connectivity index (χ0v) is 13.2. The summed E-state index contributed by atoms with van der Waals surface area (Å²) in [5, 5.41) is 0. The van der Waals surface area contributed by atoms with Crippen molar-refractivity contribution in [3.8, 4) is 0 Å². The van der Waals surface area contributed by atoms with Gasteiger partial charge in [0.25, 0.3) is 10.0 Å². The van der Waals surface area contributed by atoms with Gasteiger partial charge in [-0.1, -0.05) is 25.1 Å². The van der Waals surface area contributed by atoms with Gasteiger partial charge in [-0.2, -0.15) is 0 Å². The van der Waals surface area contributed by atoms with Crippen LogP contribution in [0, 0.1) is 0 Å². The predicted octanol–water partition coefficient (Wildman–Crippen LogP) is 3.45. The summed E-state index contributed by atoms with van der Waals surface area (Å²) in [4.78, 5) is 1.10. The molecule has 0 spiro atoms. The van der Waals surface area contributed by atoms with E-state index in [1.165, 1.54) is 11.3 Å². The third kappa shape index (κ3) is 2.05. The zero-order valence-electron chi connectivity index (χ0n) is 11.5. The van der Waals surface area contributed by atoms with Crippen molar-refractivity contribution in [2.24, 2.45) is 0 Å². The van der Waals surface area contributed by atoms with Crippen molar-refractivity contribution in [2.75, 3.05) is 4.31 Å². The van der Waals surface area contributed by atoms with Crippen LogP contribution in [0.25, 0.3) is 0 Å². The van der Waals surface area contributed by atoms with Gasteiger partial charge >= 0.3 is 0 Å². The molecule has 1 aliphatic heterocycles. The Kier molecular flexibility index (Phi) is 3.34. The van der Waals surface area contributed by atoms with Gasteiger partial charge in [0.1, 0.15) is 4.21 Å². The lowest BCUT2D eigenvalue weighted by Gasteiger charge is -2.23. The zero-order chi connectivity index (χ0) is 14.3. The van der Waals surface area contributed by atoms with Crippen LogP contribution >= 0.6 is 11.3 Å². The number of anilines is 1. The van der Waals surface area contributed by atoms with Crippen molar-refractivity contribution in [1.82, 2.24) is 0 Å². The summed E-state index contributed by atoms with van der Waals surface area (Å²) in [6, 6.07) is 11.4. The van der Waals surface area contributed by atoms with Crippen molar-refractivity contribution in [1.29, 1.82) is 0 Å². The van der Waals surface area contributed by atoms with E-state index < -0.39 is 10.0 Å². The number of aryl methyl sites for hydroxylation is 1. The second-order valence-electron chi connectivity index (χ2n) is 5.06. The summed E-state index contributed by atoms with van der Waals surface area (Å²) in [5.74, 6) is 0. The Labute approximate surface area is 123 Å². The second kappa shape index (κ2) is 4.90. The fraction of sp³-hybridized carbons (Fsp3) is 0.333. The average molecular weight is 307 g/mol. The summed E-state index contributed by atoms with van der Waals surface area (Å²) < 4.78 is 27.8. The number of rotatable bonds is 3. The van der Waals surface area contributed by atoms with Gasteiger partial charge in [-0.15, -0.1) is 11.3 Å². The molecule has 0 bridgehead atoms. The van der Waals surface area contributed by atoms with Gasteiger partial charge in [0, 0.05) is 10.9 Å².